The highest BCUT2D eigenvalue weighted by molar-refractivity contribution is 9.09. The van der Waals surface area contributed by atoms with E-state index in [4.69, 9.17) is 0 Å². The largest absolute Gasteiger partial charge is 0.393 e. The zero-order valence-electron chi connectivity index (χ0n) is 15.1. The average Bonchev–Trinajstić information content (AvgIpc) is 2.88. The first-order valence-corrected chi connectivity index (χ1v) is 11.0. The van der Waals surface area contributed by atoms with Crippen molar-refractivity contribution in [3.05, 3.63) is 11.1 Å². The summed E-state index contributed by atoms with van der Waals surface area (Å²) in [5, 5.41) is 11.4. The number of aliphatic hydroxyl groups excluding tert-OH is 1. The lowest BCUT2D eigenvalue weighted by molar-refractivity contribution is -0.115. The van der Waals surface area contributed by atoms with E-state index in [0.29, 0.717) is 11.3 Å². The molecule has 0 aromatic carbocycles. The van der Waals surface area contributed by atoms with Crippen molar-refractivity contribution in [3.63, 3.8) is 0 Å². The van der Waals surface area contributed by atoms with Crippen LogP contribution in [-0.4, -0.2) is 22.8 Å². The van der Waals surface area contributed by atoms with Gasteiger partial charge in [-0.3, -0.25) is 4.79 Å². The van der Waals surface area contributed by atoms with E-state index in [1.165, 1.54) is 37.7 Å². The van der Waals surface area contributed by atoms with Crippen LogP contribution in [0.25, 0.3) is 0 Å². The minimum absolute atomic E-state index is 0.0919. The molecule has 0 heterocycles. The first-order chi connectivity index (χ1) is 11.4. The lowest BCUT2D eigenvalue weighted by atomic mass is 9.45. The van der Waals surface area contributed by atoms with Crippen LogP contribution in [0.1, 0.15) is 65.2 Å². The molecule has 0 amide bonds. The molecule has 7 unspecified atom stereocenters. The van der Waals surface area contributed by atoms with E-state index < -0.39 is 0 Å². The van der Waals surface area contributed by atoms with Gasteiger partial charge in [-0.25, -0.2) is 0 Å². The molecule has 1 N–H and O–H groups in total. The van der Waals surface area contributed by atoms with Crippen LogP contribution < -0.4 is 0 Å². The Bertz CT molecular complexity index is 570. The topological polar surface area (TPSA) is 37.3 Å². The van der Waals surface area contributed by atoms with Crippen LogP contribution in [0.3, 0.4) is 0 Å². The molecule has 0 saturated heterocycles. The van der Waals surface area contributed by atoms with Crippen molar-refractivity contribution in [3.8, 4) is 0 Å². The molecular weight excluding hydrogens is 364 g/mol. The van der Waals surface area contributed by atoms with Crippen molar-refractivity contribution in [2.45, 2.75) is 71.3 Å². The SMILES string of the molecule is CC12CCC3C(CCC4CC(CBr)=C(C=O)CC43C)C1CCC2O. The molecule has 4 rings (SSSR count). The van der Waals surface area contributed by atoms with Gasteiger partial charge in [0.05, 0.1) is 6.10 Å². The Balaban J connectivity index is 1.66. The highest BCUT2D eigenvalue weighted by Crippen LogP contribution is 2.66. The van der Waals surface area contributed by atoms with Crippen molar-refractivity contribution in [2.24, 2.45) is 34.5 Å². The molecule has 7 atom stereocenters. The van der Waals surface area contributed by atoms with E-state index in [2.05, 4.69) is 29.8 Å². The summed E-state index contributed by atoms with van der Waals surface area (Å²) in [6.07, 6.45) is 10.4. The Morgan fingerprint density at radius 3 is 2.58 bits per heavy atom. The Labute approximate surface area is 154 Å². The predicted octanol–water partition coefficient (Wildman–Crippen LogP) is 4.89. The fourth-order valence-corrected chi connectivity index (χ4v) is 7.94. The number of rotatable bonds is 2. The number of allylic oxidation sites excluding steroid dienone is 2. The van der Waals surface area contributed by atoms with Gasteiger partial charge < -0.3 is 5.11 Å². The molecule has 3 fully saturated rings. The Hall–Kier alpha value is -0.150. The summed E-state index contributed by atoms with van der Waals surface area (Å²) in [6, 6.07) is 0. The van der Waals surface area contributed by atoms with Gasteiger partial charge in [-0.2, -0.15) is 0 Å². The Morgan fingerprint density at radius 1 is 1.12 bits per heavy atom. The molecule has 24 heavy (non-hydrogen) atoms. The first kappa shape index (κ1) is 17.3. The van der Waals surface area contributed by atoms with Gasteiger partial charge in [0, 0.05) is 5.33 Å². The number of carbonyl (C=O) groups excluding carboxylic acids is 1. The van der Waals surface area contributed by atoms with Gasteiger partial charge in [0.1, 0.15) is 6.29 Å². The summed E-state index contributed by atoms with van der Waals surface area (Å²) in [5.74, 6) is 2.95. The summed E-state index contributed by atoms with van der Waals surface area (Å²) < 4.78 is 0. The number of alkyl halides is 1. The summed E-state index contributed by atoms with van der Waals surface area (Å²) in [7, 11) is 0. The van der Waals surface area contributed by atoms with Crippen LogP contribution >= 0.6 is 15.9 Å². The molecule has 2 nitrogen and oxygen atoms in total. The third-order valence-electron chi connectivity index (χ3n) is 8.84. The van der Waals surface area contributed by atoms with Crippen LogP contribution in [-0.2, 0) is 4.79 Å². The number of hydrogen-bond acceptors (Lipinski definition) is 2. The summed E-state index contributed by atoms with van der Waals surface area (Å²) in [5.41, 5.74) is 2.87. The molecule has 3 heteroatoms. The van der Waals surface area contributed by atoms with Gasteiger partial charge in [0.2, 0.25) is 0 Å². The normalized spacial score (nSPS) is 50.9. The number of halogens is 1. The van der Waals surface area contributed by atoms with Crippen LogP contribution in [0.2, 0.25) is 0 Å². The molecule has 4 aliphatic carbocycles. The Morgan fingerprint density at radius 2 is 1.88 bits per heavy atom. The van der Waals surface area contributed by atoms with Gasteiger partial charge in [0.25, 0.3) is 0 Å². The number of aliphatic hydroxyl groups is 1. The minimum Gasteiger partial charge on any atom is -0.393 e. The quantitative estimate of drug-likeness (QED) is 0.534. The summed E-state index contributed by atoms with van der Waals surface area (Å²) >= 11 is 3.60. The first-order valence-electron chi connectivity index (χ1n) is 9.84. The fourth-order valence-electron chi connectivity index (χ4n) is 7.35. The van der Waals surface area contributed by atoms with E-state index in [1.54, 1.807) is 0 Å². The molecule has 0 radical (unpaired) electrons. The molecule has 134 valence electrons. The van der Waals surface area contributed by atoms with Crippen molar-refractivity contribution in [1.29, 1.82) is 0 Å². The van der Waals surface area contributed by atoms with Crippen molar-refractivity contribution >= 4 is 22.2 Å². The van der Waals surface area contributed by atoms with Crippen molar-refractivity contribution in [1.82, 2.24) is 0 Å². The fraction of sp³-hybridized carbons (Fsp3) is 0.857. The van der Waals surface area contributed by atoms with E-state index in [1.807, 2.05) is 0 Å². The molecule has 3 saturated carbocycles. The smallest absolute Gasteiger partial charge is 0.146 e. The van der Waals surface area contributed by atoms with E-state index in [9.17, 15) is 9.90 Å². The zero-order chi connectivity index (χ0) is 17.1. The maximum Gasteiger partial charge on any atom is 0.146 e. The van der Waals surface area contributed by atoms with Crippen LogP contribution in [0.5, 0.6) is 0 Å². The van der Waals surface area contributed by atoms with Crippen LogP contribution in [0.4, 0.5) is 0 Å². The standard InChI is InChI=1S/C21H31BrO2/c1-20-8-7-18-16(17(20)5-6-19(20)24)4-3-15-9-13(11-22)14(12-23)10-21(15,18)2/h12,15-19,24H,3-11H2,1-2H3. The molecule has 0 aliphatic heterocycles. The third kappa shape index (κ3) is 2.26. The second-order valence-electron chi connectivity index (χ2n) is 9.56. The molecule has 0 bridgehead atoms. The molecule has 0 aromatic rings. The van der Waals surface area contributed by atoms with E-state index in [-0.39, 0.29) is 11.5 Å². The van der Waals surface area contributed by atoms with Crippen molar-refractivity contribution < 1.29 is 9.90 Å². The van der Waals surface area contributed by atoms with Gasteiger partial charge in [-0.15, -0.1) is 0 Å². The van der Waals surface area contributed by atoms with E-state index in [0.717, 1.165) is 54.2 Å². The van der Waals surface area contributed by atoms with Gasteiger partial charge >= 0.3 is 0 Å². The monoisotopic (exact) mass is 394 g/mol. The number of hydrogen-bond donors (Lipinski definition) is 1. The molecule has 4 aliphatic rings. The van der Waals surface area contributed by atoms with Gasteiger partial charge in [-0.1, -0.05) is 35.4 Å². The summed E-state index contributed by atoms with van der Waals surface area (Å²) in [6.45, 7) is 4.83. The number of fused-ring (bicyclic) bond motifs is 5. The highest BCUT2D eigenvalue weighted by Gasteiger charge is 2.59. The lowest BCUT2D eigenvalue weighted by Crippen LogP contribution is -2.53. The van der Waals surface area contributed by atoms with Gasteiger partial charge in [-0.05, 0) is 91.4 Å². The Kier molecular flexibility index (Phi) is 4.28. The molecule has 0 spiro atoms. The molecule has 0 aromatic heterocycles. The highest BCUT2D eigenvalue weighted by atomic mass is 79.9. The van der Waals surface area contributed by atoms with Crippen LogP contribution in [0, 0.1) is 34.5 Å². The number of aldehydes is 1. The maximum atomic E-state index is 11.7. The lowest BCUT2D eigenvalue weighted by Gasteiger charge is -2.60. The zero-order valence-corrected chi connectivity index (χ0v) is 16.6. The van der Waals surface area contributed by atoms with Gasteiger partial charge in [0.15, 0.2) is 0 Å². The minimum atomic E-state index is -0.0919. The van der Waals surface area contributed by atoms with Crippen molar-refractivity contribution in [2.75, 3.05) is 5.33 Å². The third-order valence-corrected chi connectivity index (χ3v) is 9.51. The van der Waals surface area contributed by atoms with Crippen LogP contribution in [0.15, 0.2) is 11.1 Å². The number of carbonyl (C=O) groups is 1. The maximum absolute atomic E-state index is 11.7. The molecular formula is C21H31BrO2. The van der Waals surface area contributed by atoms with E-state index >= 15 is 0 Å². The second-order valence-corrected chi connectivity index (χ2v) is 10.1. The second kappa shape index (κ2) is 5.94. The predicted molar refractivity (Wildman–Crippen MR) is 100 cm³/mol. The average molecular weight is 395 g/mol. The summed E-state index contributed by atoms with van der Waals surface area (Å²) in [4.78, 5) is 11.7.